The Hall–Kier alpha value is -0.940. The Bertz CT molecular complexity index is 453. The van der Waals surface area contributed by atoms with Crippen LogP contribution in [0, 0.1) is 5.92 Å². The van der Waals surface area contributed by atoms with Crippen LogP contribution in [-0.4, -0.2) is 40.7 Å². The van der Waals surface area contributed by atoms with Gasteiger partial charge in [0, 0.05) is 24.5 Å². The molecule has 0 atom stereocenters. The third-order valence-electron chi connectivity index (χ3n) is 4.45. The zero-order chi connectivity index (χ0) is 14.9. The van der Waals surface area contributed by atoms with Crippen molar-refractivity contribution < 1.29 is 4.52 Å². The normalized spacial score (nSPS) is 21.9. The summed E-state index contributed by atoms with van der Waals surface area (Å²) in [6, 6.07) is 0.706. The van der Waals surface area contributed by atoms with E-state index in [2.05, 4.69) is 41.1 Å². The van der Waals surface area contributed by atoms with Gasteiger partial charge in [0.25, 0.3) is 0 Å². The van der Waals surface area contributed by atoms with Gasteiger partial charge in [-0.1, -0.05) is 25.9 Å². The minimum absolute atomic E-state index is 0.0645. The Kier molecular flexibility index (Phi) is 4.31. The molecule has 1 aliphatic heterocycles. The van der Waals surface area contributed by atoms with E-state index in [0.29, 0.717) is 6.04 Å². The van der Waals surface area contributed by atoms with Gasteiger partial charge in [-0.05, 0) is 38.1 Å². The number of hydrogen-bond acceptors (Lipinski definition) is 5. The Balaban J connectivity index is 1.43. The summed E-state index contributed by atoms with van der Waals surface area (Å²) in [5.74, 6) is 2.53. The van der Waals surface area contributed by atoms with Crippen LogP contribution < -0.4 is 5.32 Å². The fourth-order valence-electron chi connectivity index (χ4n) is 2.77. The van der Waals surface area contributed by atoms with Crippen LogP contribution in [0.5, 0.6) is 0 Å². The Morgan fingerprint density at radius 2 is 1.90 bits per heavy atom. The maximum Gasteiger partial charge on any atom is 0.232 e. The molecule has 0 amide bonds. The first kappa shape index (κ1) is 15.0. The number of nitrogens with zero attached hydrogens (tertiary/aromatic N) is 3. The predicted molar refractivity (Wildman–Crippen MR) is 82.0 cm³/mol. The second-order valence-corrected chi connectivity index (χ2v) is 7.67. The summed E-state index contributed by atoms with van der Waals surface area (Å²) in [5, 5.41) is 7.84. The molecule has 2 aliphatic rings. The molecule has 21 heavy (non-hydrogen) atoms. The molecule has 0 bridgehead atoms. The molecule has 2 heterocycles. The van der Waals surface area contributed by atoms with Gasteiger partial charge >= 0.3 is 0 Å². The lowest BCUT2D eigenvalue weighted by molar-refractivity contribution is 0.184. The maximum absolute atomic E-state index is 5.36. The van der Waals surface area contributed by atoms with Crippen LogP contribution in [0.1, 0.15) is 58.2 Å². The first-order valence-electron chi connectivity index (χ1n) is 8.29. The fourth-order valence-corrected chi connectivity index (χ4v) is 2.77. The van der Waals surface area contributed by atoms with Gasteiger partial charge < -0.3 is 9.84 Å². The van der Waals surface area contributed by atoms with E-state index in [-0.39, 0.29) is 5.41 Å². The largest absolute Gasteiger partial charge is 0.339 e. The zero-order valence-electron chi connectivity index (χ0n) is 13.6. The summed E-state index contributed by atoms with van der Waals surface area (Å²) in [7, 11) is 0. The lowest BCUT2D eigenvalue weighted by Crippen LogP contribution is -2.42. The maximum atomic E-state index is 5.36. The van der Waals surface area contributed by atoms with Crippen molar-refractivity contribution in [3.8, 4) is 0 Å². The van der Waals surface area contributed by atoms with Crippen molar-refractivity contribution in [3.05, 3.63) is 11.7 Å². The van der Waals surface area contributed by atoms with Gasteiger partial charge in [-0.3, -0.25) is 4.90 Å². The highest BCUT2D eigenvalue weighted by Crippen LogP contribution is 2.28. The van der Waals surface area contributed by atoms with E-state index in [9.17, 15) is 0 Å². The number of piperidine rings is 1. The van der Waals surface area contributed by atoms with E-state index in [1.54, 1.807) is 0 Å². The van der Waals surface area contributed by atoms with Gasteiger partial charge in [-0.15, -0.1) is 0 Å². The highest BCUT2D eigenvalue weighted by atomic mass is 16.5. The molecule has 1 N–H and O–H groups in total. The van der Waals surface area contributed by atoms with Crippen molar-refractivity contribution >= 4 is 0 Å². The van der Waals surface area contributed by atoms with Crippen LogP contribution in [0.25, 0.3) is 0 Å². The highest BCUT2D eigenvalue weighted by Gasteiger charge is 2.26. The van der Waals surface area contributed by atoms with Crippen molar-refractivity contribution in [1.82, 2.24) is 20.4 Å². The van der Waals surface area contributed by atoms with Crippen LogP contribution in [0.4, 0.5) is 0 Å². The van der Waals surface area contributed by atoms with Crippen molar-refractivity contribution in [2.24, 2.45) is 5.92 Å². The number of likely N-dealkylation sites (tertiary alicyclic amines) is 1. The van der Waals surface area contributed by atoms with E-state index >= 15 is 0 Å². The molecule has 1 saturated carbocycles. The second kappa shape index (κ2) is 6.05. The minimum Gasteiger partial charge on any atom is -0.339 e. The van der Waals surface area contributed by atoms with Crippen molar-refractivity contribution in [2.75, 3.05) is 19.6 Å². The molecule has 1 aromatic heterocycles. The summed E-state index contributed by atoms with van der Waals surface area (Å²) >= 11 is 0. The average molecular weight is 292 g/mol. The molecule has 1 saturated heterocycles. The summed E-state index contributed by atoms with van der Waals surface area (Å²) in [6.07, 6.45) is 5.33. The molecule has 2 fully saturated rings. The van der Waals surface area contributed by atoms with Gasteiger partial charge in [0.1, 0.15) is 0 Å². The molecule has 5 heteroatoms. The van der Waals surface area contributed by atoms with Gasteiger partial charge in [-0.25, -0.2) is 0 Å². The van der Waals surface area contributed by atoms with E-state index in [4.69, 9.17) is 4.52 Å². The number of hydrogen-bond donors (Lipinski definition) is 1. The van der Waals surface area contributed by atoms with Crippen molar-refractivity contribution in [3.63, 3.8) is 0 Å². The molecular formula is C16H28N4O. The lowest BCUT2D eigenvalue weighted by Gasteiger charge is -2.31. The SMILES string of the molecule is CC(C)(C)c1nc(CN2CCC(NCC3CC3)CC2)no1. The minimum atomic E-state index is -0.0645. The first-order chi connectivity index (χ1) is 10.0. The average Bonchev–Trinajstić information content (AvgIpc) is 3.14. The number of aromatic nitrogens is 2. The molecule has 0 unspecified atom stereocenters. The van der Waals surface area contributed by atoms with Crippen LogP contribution in [0.2, 0.25) is 0 Å². The zero-order valence-corrected chi connectivity index (χ0v) is 13.6. The topological polar surface area (TPSA) is 54.2 Å². The monoisotopic (exact) mass is 292 g/mol. The third kappa shape index (κ3) is 4.27. The van der Waals surface area contributed by atoms with E-state index in [1.807, 2.05) is 0 Å². The quantitative estimate of drug-likeness (QED) is 0.902. The van der Waals surface area contributed by atoms with E-state index < -0.39 is 0 Å². The Morgan fingerprint density at radius 3 is 2.48 bits per heavy atom. The molecule has 118 valence electrons. The third-order valence-corrected chi connectivity index (χ3v) is 4.45. The first-order valence-corrected chi connectivity index (χ1v) is 8.29. The molecule has 0 radical (unpaired) electrons. The van der Waals surface area contributed by atoms with Gasteiger partial charge in [-0.2, -0.15) is 4.98 Å². The Morgan fingerprint density at radius 1 is 1.19 bits per heavy atom. The molecule has 0 spiro atoms. The summed E-state index contributed by atoms with van der Waals surface area (Å²) in [5.41, 5.74) is -0.0645. The predicted octanol–water partition coefficient (Wildman–Crippen LogP) is 2.33. The molecule has 1 aromatic rings. The van der Waals surface area contributed by atoms with Gasteiger partial charge in [0.05, 0.1) is 6.54 Å². The molecule has 5 nitrogen and oxygen atoms in total. The molecule has 1 aliphatic carbocycles. The van der Waals surface area contributed by atoms with Crippen LogP contribution >= 0.6 is 0 Å². The number of nitrogens with one attached hydrogen (secondary N) is 1. The fraction of sp³-hybridized carbons (Fsp3) is 0.875. The van der Waals surface area contributed by atoms with Gasteiger partial charge in [0.2, 0.25) is 5.89 Å². The lowest BCUT2D eigenvalue weighted by atomic mass is 9.97. The summed E-state index contributed by atoms with van der Waals surface area (Å²) in [6.45, 7) is 10.6. The van der Waals surface area contributed by atoms with Crippen LogP contribution in [-0.2, 0) is 12.0 Å². The standard InChI is InChI=1S/C16H28N4O/c1-16(2,3)15-18-14(19-21-15)11-20-8-6-13(7-9-20)17-10-12-4-5-12/h12-13,17H,4-11H2,1-3H3. The molecule has 0 aromatic carbocycles. The smallest absolute Gasteiger partial charge is 0.232 e. The molecular weight excluding hydrogens is 264 g/mol. The summed E-state index contributed by atoms with van der Waals surface area (Å²) < 4.78 is 5.36. The van der Waals surface area contributed by atoms with E-state index in [1.165, 1.54) is 32.2 Å². The summed E-state index contributed by atoms with van der Waals surface area (Å²) in [4.78, 5) is 6.96. The van der Waals surface area contributed by atoms with Crippen LogP contribution in [0.15, 0.2) is 4.52 Å². The number of rotatable bonds is 5. The van der Waals surface area contributed by atoms with E-state index in [0.717, 1.165) is 37.3 Å². The van der Waals surface area contributed by atoms with Crippen LogP contribution in [0.3, 0.4) is 0 Å². The van der Waals surface area contributed by atoms with Gasteiger partial charge in [0.15, 0.2) is 5.82 Å². The van der Waals surface area contributed by atoms with Crippen molar-refractivity contribution in [1.29, 1.82) is 0 Å². The second-order valence-electron chi connectivity index (χ2n) is 7.67. The highest BCUT2D eigenvalue weighted by molar-refractivity contribution is 4.98. The molecule has 3 rings (SSSR count). The Labute approximate surface area is 127 Å². The van der Waals surface area contributed by atoms with Crippen molar-refractivity contribution in [2.45, 2.75) is 64.5 Å².